The van der Waals surface area contributed by atoms with Crippen molar-refractivity contribution in [2.75, 3.05) is 0 Å². The average molecular weight is 245 g/mol. The van der Waals surface area contributed by atoms with Crippen LogP contribution < -0.4 is 11.1 Å². The normalized spacial score (nSPS) is 13.8. The van der Waals surface area contributed by atoms with Crippen LogP contribution in [0.1, 0.15) is 37.9 Å². The molecular weight excluding hydrogens is 226 g/mol. The Morgan fingerprint density at radius 3 is 2.28 bits per heavy atom. The molecule has 0 aliphatic carbocycles. The van der Waals surface area contributed by atoms with E-state index < -0.39 is 6.04 Å². The molecule has 0 aliphatic rings. The van der Waals surface area contributed by atoms with Crippen molar-refractivity contribution in [1.29, 1.82) is 5.26 Å². The number of nitriles is 1. The SMILES string of the molecule is CC(NC(=O)C(N)C(C)C)c1ccc(C#N)cc1. The minimum Gasteiger partial charge on any atom is -0.348 e. The molecule has 0 bridgehead atoms. The fraction of sp³-hybridized carbons (Fsp3) is 0.429. The number of hydrogen-bond donors (Lipinski definition) is 2. The number of rotatable bonds is 4. The molecule has 0 heterocycles. The molecule has 4 nitrogen and oxygen atoms in total. The van der Waals surface area contributed by atoms with Gasteiger partial charge in [-0.3, -0.25) is 4.79 Å². The maximum atomic E-state index is 11.8. The summed E-state index contributed by atoms with van der Waals surface area (Å²) in [5, 5.41) is 11.6. The summed E-state index contributed by atoms with van der Waals surface area (Å²) in [5.41, 5.74) is 7.34. The van der Waals surface area contributed by atoms with Crippen molar-refractivity contribution in [3.05, 3.63) is 35.4 Å². The molecule has 3 N–H and O–H groups in total. The van der Waals surface area contributed by atoms with Crippen molar-refractivity contribution in [3.8, 4) is 6.07 Å². The second kappa shape index (κ2) is 6.18. The van der Waals surface area contributed by atoms with Gasteiger partial charge in [0.25, 0.3) is 0 Å². The number of hydrogen-bond acceptors (Lipinski definition) is 3. The summed E-state index contributed by atoms with van der Waals surface area (Å²) >= 11 is 0. The van der Waals surface area contributed by atoms with Gasteiger partial charge in [-0.1, -0.05) is 26.0 Å². The van der Waals surface area contributed by atoms with Crippen LogP contribution in [-0.4, -0.2) is 11.9 Å². The summed E-state index contributed by atoms with van der Waals surface area (Å²) in [4.78, 5) is 11.8. The monoisotopic (exact) mass is 245 g/mol. The van der Waals surface area contributed by atoms with Crippen LogP contribution in [0.25, 0.3) is 0 Å². The first kappa shape index (κ1) is 14.2. The Morgan fingerprint density at radius 2 is 1.83 bits per heavy atom. The standard InChI is InChI=1S/C14H19N3O/c1-9(2)13(16)14(18)17-10(3)12-6-4-11(8-15)5-7-12/h4-7,9-10,13H,16H2,1-3H3,(H,17,18). The van der Waals surface area contributed by atoms with E-state index in [1.165, 1.54) is 0 Å². The fourth-order valence-electron chi connectivity index (χ4n) is 1.54. The Hall–Kier alpha value is -1.86. The number of amides is 1. The molecule has 96 valence electrons. The quantitative estimate of drug-likeness (QED) is 0.847. The molecule has 0 saturated carbocycles. The molecule has 0 aliphatic heterocycles. The lowest BCUT2D eigenvalue weighted by Gasteiger charge is -2.20. The molecule has 0 radical (unpaired) electrons. The fourth-order valence-corrected chi connectivity index (χ4v) is 1.54. The van der Waals surface area contributed by atoms with E-state index in [1.807, 2.05) is 32.9 Å². The zero-order chi connectivity index (χ0) is 13.7. The minimum absolute atomic E-state index is 0.109. The van der Waals surface area contributed by atoms with Gasteiger partial charge < -0.3 is 11.1 Å². The molecule has 1 rings (SSSR count). The van der Waals surface area contributed by atoms with E-state index in [0.29, 0.717) is 5.56 Å². The number of nitrogens with one attached hydrogen (secondary N) is 1. The molecule has 2 atom stereocenters. The minimum atomic E-state index is -0.495. The molecular formula is C14H19N3O. The Morgan fingerprint density at radius 1 is 1.28 bits per heavy atom. The Balaban J connectivity index is 2.67. The third-order valence-electron chi connectivity index (χ3n) is 2.92. The van der Waals surface area contributed by atoms with Crippen LogP contribution in [0.15, 0.2) is 24.3 Å². The van der Waals surface area contributed by atoms with Crippen molar-refractivity contribution in [2.45, 2.75) is 32.9 Å². The molecule has 1 amide bonds. The van der Waals surface area contributed by atoms with Crippen LogP contribution in [-0.2, 0) is 4.79 Å². The van der Waals surface area contributed by atoms with Gasteiger partial charge in [0.05, 0.1) is 23.7 Å². The molecule has 18 heavy (non-hydrogen) atoms. The highest BCUT2D eigenvalue weighted by Gasteiger charge is 2.19. The zero-order valence-electron chi connectivity index (χ0n) is 11.0. The van der Waals surface area contributed by atoms with Gasteiger partial charge >= 0.3 is 0 Å². The van der Waals surface area contributed by atoms with E-state index in [4.69, 9.17) is 11.0 Å². The third kappa shape index (κ3) is 3.57. The van der Waals surface area contributed by atoms with Gasteiger partial charge in [-0.25, -0.2) is 0 Å². The molecule has 4 heteroatoms. The summed E-state index contributed by atoms with van der Waals surface area (Å²) in [5.74, 6) is -0.0416. The van der Waals surface area contributed by atoms with Gasteiger partial charge in [-0.05, 0) is 30.5 Å². The van der Waals surface area contributed by atoms with Crippen LogP contribution in [0.5, 0.6) is 0 Å². The second-order valence-corrected chi connectivity index (χ2v) is 4.73. The summed E-state index contributed by atoms with van der Waals surface area (Å²) in [6.45, 7) is 5.72. The van der Waals surface area contributed by atoms with Crippen LogP contribution in [0.2, 0.25) is 0 Å². The topological polar surface area (TPSA) is 78.9 Å². The first-order valence-electron chi connectivity index (χ1n) is 6.01. The van der Waals surface area contributed by atoms with Crippen molar-refractivity contribution in [2.24, 2.45) is 11.7 Å². The second-order valence-electron chi connectivity index (χ2n) is 4.73. The predicted octanol–water partition coefficient (Wildman–Crippen LogP) is 1.72. The third-order valence-corrected chi connectivity index (χ3v) is 2.92. The number of carbonyl (C=O) groups is 1. The van der Waals surface area contributed by atoms with Crippen LogP contribution >= 0.6 is 0 Å². The Bertz CT molecular complexity index is 445. The maximum Gasteiger partial charge on any atom is 0.237 e. The summed E-state index contributed by atoms with van der Waals surface area (Å²) in [7, 11) is 0. The van der Waals surface area contributed by atoms with E-state index in [1.54, 1.807) is 12.1 Å². The lowest BCUT2D eigenvalue weighted by Crippen LogP contribution is -2.44. The van der Waals surface area contributed by atoms with Gasteiger partial charge in [-0.2, -0.15) is 5.26 Å². The van der Waals surface area contributed by atoms with E-state index in [2.05, 4.69) is 11.4 Å². The van der Waals surface area contributed by atoms with Gasteiger partial charge in [0.2, 0.25) is 5.91 Å². The first-order chi connectivity index (χ1) is 8.45. The highest BCUT2D eigenvalue weighted by Crippen LogP contribution is 2.13. The van der Waals surface area contributed by atoms with Gasteiger partial charge in [-0.15, -0.1) is 0 Å². The lowest BCUT2D eigenvalue weighted by molar-refractivity contribution is -0.123. The zero-order valence-corrected chi connectivity index (χ0v) is 11.0. The van der Waals surface area contributed by atoms with Gasteiger partial charge in [0.1, 0.15) is 0 Å². The summed E-state index contributed by atoms with van der Waals surface area (Å²) in [6.07, 6.45) is 0. The summed E-state index contributed by atoms with van der Waals surface area (Å²) in [6, 6.07) is 8.60. The highest BCUT2D eigenvalue weighted by molar-refractivity contribution is 5.82. The van der Waals surface area contributed by atoms with E-state index in [9.17, 15) is 4.79 Å². The van der Waals surface area contributed by atoms with E-state index in [-0.39, 0.29) is 17.9 Å². The van der Waals surface area contributed by atoms with Crippen molar-refractivity contribution >= 4 is 5.91 Å². The Kier molecular flexibility index (Phi) is 4.87. The van der Waals surface area contributed by atoms with Crippen molar-refractivity contribution < 1.29 is 4.79 Å². The van der Waals surface area contributed by atoms with Crippen molar-refractivity contribution in [1.82, 2.24) is 5.32 Å². The molecule has 0 fully saturated rings. The largest absolute Gasteiger partial charge is 0.348 e. The molecule has 2 unspecified atom stereocenters. The van der Waals surface area contributed by atoms with Crippen LogP contribution in [0, 0.1) is 17.2 Å². The van der Waals surface area contributed by atoms with E-state index >= 15 is 0 Å². The molecule has 1 aromatic carbocycles. The predicted molar refractivity (Wildman–Crippen MR) is 70.5 cm³/mol. The maximum absolute atomic E-state index is 11.8. The molecule has 1 aromatic rings. The molecule has 0 spiro atoms. The number of nitrogens with two attached hydrogens (primary N) is 1. The number of carbonyl (C=O) groups excluding carboxylic acids is 1. The lowest BCUT2D eigenvalue weighted by atomic mass is 10.0. The molecule has 0 aromatic heterocycles. The summed E-state index contributed by atoms with van der Waals surface area (Å²) < 4.78 is 0. The van der Waals surface area contributed by atoms with Gasteiger partial charge in [0.15, 0.2) is 0 Å². The molecule has 0 saturated heterocycles. The first-order valence-corrected chi connectivity index (χ1v) is 6.01. The van der Waals surface area contributed by atoms with E-state index in [0.717, 1.165) is 5.56 Å². The van der Waals surface area contributed by atoms with Crippen molar-refractivity contribution in [3.63, 3.8) is 0 Å². The van der Waals surface area contributed by atoms with Crippen LogP contribution in [0.3, 0.4) is 0 Å². The number of nitrogens with zero attached hydrogens (tertiary/aromatic N) is 1. The Labute approximate surface area is 108 Å². The smallest absolute Gasteiger partial charge is 0.237 e. The average Bonchev–Trinajstić information content (AvgIpc) is 2.37. The number of benzene rings is 1. The van der Waals surface area contributed by atoms with Crippen LogP contribution in [0.4, 0.5) is 0 Å². The highest BCUT2D eigenvalue weighted by atomic mass is 16.2. The van der Waals surface area contributed by atoms with Gasteiger partial charge in [0, 0.05) is 0 Å².